The molecule has 0 atom stereocenters. The van der Waals surface area contributed by atoms with Gasteiger partial charge >= 0.3 is 0 Å². The molecule has 1 N–H and O–H groups in total. The standard InChI is InChI=1S/C18H21N3/c1-3-7-16-18(19-13-15-8-5-4-6-9-15)21-11-10-14(2)12-17(21)20-16/h4-6,8-12,19H,3,7,13H2,1-2H3. The van der Waals surface area contributed by atoms with E-state index < -0.39 is 0 Å². The zero-order valence-electron chi connectivity index (χ0n) is 12.6. The van der Waals surface area contributed by atoms with Crippen LogP contribution in [0.5, 0.6) is 0 Å². The van der Waals surface area contributed by atoms with Crippen LogP contribution in [0.15, 0.2) is 48.7 Å². The third kappa shape index (κ3) is 2.92. The minimum absolute atomic E-state index is 0.819. The van der Waals surface area contributed by atoms with Crippen LogP contribution in [0, 0.1) is 6.92 Å². The molecule has 0 fully saturated rings. The van der Waals surface area contributed by atoms with E-state index in [0.29, 0.717) is 0 Å². The van der Waals surface area contributed by atoms with Crippen LogP contribution < -0.4 is 5.32 Å². The van der Waals surface area contributed by atoms with Crippen molar-refractivity contribution in [1.29, 1.82) is 0 Å². The van der Waals surface area contributed by atoms with Crippen molar-refractivity contribution in [2.75, 3.05) is 5.32 Å². The predicted molar refractivity (Wildman–Crippen MR) is 87.7 cm³/mol. The molecule has 3 heteroatoms. The summed E-state index contributed by atoms with van der Waals surface area (Å²) in [6.07, 6.45) is 4.20. The number of hydrogen-bond acceptors (Lipinski definition) is 2. The number of aromatic nitrogens is 2. The fraction of sp³-hybridized carbons (Fsp3) is 0.278. The Hall–Kier alpha value is -2.29. The van der Waals surface area contributed by atoms with E-state index in [2.05, 4.69) is 66.2 Å². The van der Waals surface area contributed by atoms with Gasteiger partial charge < -0.3 is 5.32 Å². The van der Waals surface area contributed by atoms with E-state index in [4.69, 9.17) is 4.98 Å². The Morgan fingerprint density at radius 3 is 2.71 bits per heavy atom. The third-order valence-electron chi connectivity index (χ3n) is 3.64. The molecule has 0 saturated carbocycles. The van der Waals surface area contributed by atoms with Crippen LogP contribution in [0.25, 0.3) is 5.65 Å². The van der Waals surface area contributed by atoms with Gasteiger partial charge in [0.25, 0.3) is 0 Å². The van der Waals surface area contributed by atoms with Crippen LogP contribution in [0.3, 0.4) is 0 Å². The molecule has 0 saturated heterocycles. The first-order chi connectivity index (χ1) is 10.3. The Morgan fingerprint density at radius 2 is 1.95 bits per heavy atom. The number of rotatable bonds is 5. The normalized spacial score (nSPS) is 11.0. The van der Waals surface area contributed by atoms with Gasteiger partial charge in [-0.15, -0.1) is 0 Å². The van der Waals surface area contributed by atoms with Gasteiger partial charge in [0, 0.05) is 12.7 Å². The summed E-state index contributed by atoms with van der Waals surface area (Å²) >= 11 is 0. The van der Waals surface area contributed by atoms with Crippen molar-refractivity contribution in [2.45, 2.75) is 33.2 Å². The largest absolute Gasteiger partial charge is 0.366 e. The van der Waals surface area contributed by atoms with Gasteiger partial charge in [0.1, 0.15) is 11.5 Å². The van der Waals surface area contributed by atoms with Crippen LogP contribution in [0.2, 0.25) is 0 Å². The van der Waals surface area contributed by atoms with E-state index in [1.807, 2.05) is 6.07 Å². The number of anilines is 1. The van der Waals surface area contributed by atoms with Gasteiger partial charge in [0.2, 0.25) is 0 Å². The molecule has 0 aliphatic heterocycles. The van der Waals surface area contributed by atoms with E-state index in [-0.39, 0.29) is 0 Å². The highest BCUT2D eigenvalue weighted by atomic mass is 15.1. The maximum atomic E-state index is 4.78. The molecule has 2 heterocycles. The molecular formula is C18H21N3. The monoisotopic (exact) mass is 279 g/mol. The zero-order chi connectivity index (χ0) is 14.7. The van der Waals surface area contributed by atoms with Gasteiger partial charge in [0.15, 0.2) is 0 Å². The molecule has 0 radical (unpaired) electrons. The molecule has 1 aromatic carbocycles. The van der Waals surface area contributed by atoms with E-state index >= 15 is 0 Å². The SMILES string of the molecule is CCCc1nc2cc(C)ccn2c1NCc1ccccc1. The summed E-state index contributed by atoms with van der Waals surface area (Å²) in [4.78, 5) is 4.78. The van der Waals surface area contributed by atoms with E-state index in [0.717, 1.165) is 36.5 Å². The minimum atomic E-state index is 0.819. The zero-order valence-corrected chi connectivity index (χ0v) is 12.6. The lowest BCUT2D eigenvalue weighted by molar-refractivity contribution is 0.891. The minimum Gasteiger partial charge on any atom is -0.366 e. The van der Waals surface area contributed by atoms with E-state index in [9.17, 15) is 0 Å². The average Bonchev–Trinajstić information content (AvgIpc) is 2.83. The molecule has 0 spiro atoms. The fourth-order valence-corrected chi connectivity index (χ4v) is 2.58. The lowest BCUT2D eigenvalue weighted by Gasteiger charge is -2.08. The number of imidazole rings is 1. The Balaban J connectivity index is 1.93. The van der Waals surface area contributed by atoms with E-state index in [1.165, 1.54) is 11.1 Å². The number of aryl methyl sites for hydroxylation is 2. The average molecular weight is 279 g/mol. The first kappa shape index (κ1) is 13.7. The topological polar surface area (TPSA) is 29.3 Å². The molecule has 3 nitrogen and oxygen atoms in total. The number of benzene rings is 1. The maximum absolute atomic E-state index is 4.78. The highest BCUT2D eigenvalue weighted by molar-refractivity contribution is 5.56. The van der Waals surface area contributed by atoms with E-state index in [1.54, 1.807) is 0 Å². The Morgan fingerprint density at radius 1 is 1.14 bits per heavy atom. The van der Waals surface area contributed by atoms with Crippen molar-refractivity contribution in [1.82, 2.24) is 9.38 Å². The summed E-state index contributed by atoms with van der Waals surface area (Å²) in [7, 11) is 0. The lowest BCUT2D eigenvalue weighted by Crippen LogP contribution is -2.04. The molecule has 21 heavy (non-hydrogen) atoms. The third-order valence-corrected chi connectivity index (χ3v) is 3.64. The number of hydrogen-bond donors (Lipinski definition) is 1. The van der Waals surface area contributed by atoms with Crippen LogP contribution in [-0.4, -0.2) is 9.38 Å². The molecule has 0 unspecified atom stereocenters. The molecule has 0 aliphatic rings. The van der Waals surface area contributed by atoms with Gasteiger partial charge in [-0.3, -0.25) is 4.40 Å². The summed E-state index contributed by atoms with van der Waals surface area (Å²) in [5.74, 6) is 1.12. The van der Waals surface area contributed by atoms with Gasteiger partial charge in [-0.25, -0.2) is 4.98 Å². The first-order valence-electron chi connectivity index (χ1n) is 7.53. The van der Waals surface area contributed by atoms with Crippen molar-refractivity contribution in [3.63, 3.8) is 0 Å². The summed E-state index contributed by atoms with van der Waals surface area (Å²) in [5.41, 5.74) is 4.69. The molecule has 2 aromatic heterocycles. The molecule has 0 bridgehead atoms. The van der Waals surface area contributed by atoms with Crippen molar-refractivity contribution < 1.29 is 0 Å². The highest BCUT2D eigenvalue weighted by Crippen LogP contribution is 2.21. The van der Waals surface area contributed by atoms with Crippen LogP contribution >= 0.6 is 0 Å². The number of nitrogens with zero attached hydrogens (tertiary/aromatic N) is 2. The molecule has 108 valence electrons. The highest BCUT2D eigenvalue weighted by Gasteiger charge is 2.11. The van der Waals surface area contributed by atoms with Crippen LogP contribution in [-0.2, 0) is 13.0 Å². The summed E-state index contributed by atoms with van der Waals surface area (Å²) in [5, 5.41) is 3.56. The Labute approximate surface area is 125 Å². The molecule has 0 aliphatic carbocycles. The second kappa shape index (κ2) is 6.00. The summed E-state index contributed by atoms with van der Waals surface area (Å²) in [6.45, 7) is 5.11. The van der Waals surface area contributed by atoms with Crippen molar-refractivity contribution >= 4 is 11.5 Å². The molecule has 3 aromatic rings. The molecular weight excluding hydrogens is 258 g/mol. The molecule has 3 rings (SSSR count). The van der Waals surface area contributed by atoms with Gasteiger partial charge in [0.05, 0.1) is 5.69 Å². The van der Waals surface area contributed by atoms with Crippen molar-refractivity contribution in [3.05, 3.63) is 65.5 Å². The van der Waals surface area contributed by atoms with Crippen molar-refractivity contribution in [2.24, 2.45) is 0 Å². The van der Waals surface area contributed by atoms with Crippen LogP contribution in [0.1, 0.15) is 30.2 Å². The number of pyridine rings is 1. The summed E-state index contributed by atoms with van der Waals surface area (Å²) in [6, 6.07) is 14.7. The Bertz CT molecular complexity index is 729. The number of nitrogens with one attached hydrogen (secondary N) is 1. The van der Waals surface area contributed by atoms with Gasteiger partial charge in [-0.1, -0.05) is 43.7 Å². The maximum Gasteiger partial charge on any atom is 0.138 e. The second-order valence-corrected chi connectivity index (χ2v) is 5.43. The Kier molecular flexibility index (Phi) is 3.91. The van der Waals surface area contributed by atoms with Gasteiger partial charge in [-0.05, 0) is 36.6 Å². The number of fused-ring (bicyclic) bond motifs is 1. The molecule has 0 amide bonds. The first-order valence-corrected chi connectivity index (χ1v) is 7.53. The lowest BCUT2D eigenvalue weighted by atomic mass is 10.2. The van der Waals surface area contributed by atoms with Crippen molar-refractivity contribution in [3.8, 4) is 0 Å². The quantitative estimate of drug-likeness (QED) is 0.758. The van der Waals surface area contributed by atoms with Gasteiger partial charge in [-0.2, -0.15) is 0 Å². The predicted octanol–water partition coefficient (Wildman–Crippen LogP) is 4.21. The second-order valence-electron chi connectivity index (χ2n) is 5.43. The van der Waals surface area contributed by atoms with Crippen LogP contribution in [0.4, 0.5) is 5.82 Å². The fourth-order valence-electron chi connectivity index (χ4n) is 2.58. The summed E-state index contributed by atoms with van der Waals surface area (Å²) < 4.78 is 2.15. The smallest absolute Gasteiger partial charge is 0.138 e.